The predicted molar refractivity (Wildman–Crippen MR) is 41.6 cm³/mol. The normalized spacial score (nSPS) is 8.82. The van der Waals surface area contributed by atoms with Crippen LogP contribution in [0.15, 0.2) is 23.3 Å². The molecular weight excluding hydrogens is 142 g/mol. The van der Waals surface area contributed by atoms with Gasteiger partial charge in [0, 0.05) is 10.6 Å². The van der Waals surface area contributed by atoms with E-state index >= 15 is 0 Å². The van der Waals surface area contributed by atoms with E-state index in [9.17, 15) is 0 Å². The Morgan fingerprint density at radius 3 is 2.82 bits per heavy atom. The van der Waals surface area contributed by atoms with Gasteiger partial charge >= 0.3 is 0 Å². The third-order valence-electron chi connectivity index (χ3n) is 1.33. The van der Waals surface area contributed by atoms with Crippen molar-refractivity contribution in [1.29, 1.82) is 0 Å². The molecule has 0 spiro atoms. The monoisotopic (exact) mass is 149 g/mol. The summed E-state index contributed by atoms with van der Waals surface area (Å²) in [6.07, 6.45) is 0. The molecule has 1 aromatic carbocycles. The second kappa shape index (κ2) is 2.94. The second-order valence-corrected chi connectivity index (χ2v) is 2.16. The van der Waals surface area contributed by atoms with Crippen LogP contribution < -0.4 is 0 Å². The fraction of sp³-hybridized carbons (Fsp3) is 0.143. The van der Waals surface area contributed by atoms with Crippen molar-refractivity contribution < 1.29 is 5.11 Å². The quantitative estimate of drug-likeness (QED) is 0.372. The van der Waals surface area contributed by atoms with Gasteiger partial charge in [0.1, 0.15) is 5.75 Å². The molecular formula is C7H7N3O. The summed E-state index contributed by atoms with van der Waals surface area (Å²) in [5.74, 6) is 0.180. The van der Waals surface area contributed by atoms with Crippen LogP contribution in [0.3, 0.4) is 0 Å². The number of phenolic OH excluding ortho intramolecular Hbond substituents is 1. The molecule has 0 aliphatic carbocycles. The van der Waals surface area contributed by atoms with E-state index in [4.69, 9.17) is 10.6 Å². The van der Waals surface area contributed by atoms with Gasteiger partial charge in [0.25, 0.3) is 0 Å². The van der Waals surface area contributed by atoms with E-state index in [2.05, 4.69) is 10.0 Å². The molecule has 11 heavy (non-hydrogen) atoms. The third-order valence-corrected chi connectivity index (χ3v) is 1.33. The zero-order chi connectivity index (χ0) is 8.27. The van der Waals surface area contributed by atoms with Crippen molar-refractivity contribution in [3.05, 3.63) is 34.2 Å². The maximum Gasteiger partial charge on any atom is 0.115 e. The van der Waals surface area contributed by atoms with Crippen LogP contribution in [0.5, 0.6) is 5.75 Å². The van der Waals surface area contributed by atoms with Crippen molar-refractivity contribution in [3.8, 4) is 5.75 Å². The summed E-state index contributed by atoms with van der Waals surface area (Å²) in [6.45, 7) is 1.77. The average molecular weight is 149 g/mol. The molecule has 0 fully saturated rings. The van der Waals surface area contributed by atoms with Gasteiger partial charge in [-0.25, -0.2) is 0 Å². The average Bonchev–Trinajstić information content (AvgIpc) is 1.95. The molecule has 1 aromatic rings. The number of rotatable bonds is 1. The van der Waals surface area contributed by atoms with Crippen LogP contribution in [-0.2, 0) is 0 Å². The van der Waals surface area contributed by atoms with Gasteiger partial charge in [0.05, 0.1) is 0 Å². The minimum absolute atomic E-state index is 0.180. The lowest BCUT2D eigenvalue weighted by Crippen LogP contribution is -1.71. The van der Waals surface area contributed by atoms with Gasteiger partial charge < -0.3 is 5.11 Å². The minimum atomic E-state index is 0.180. The van der Waals surface area contributed by atoms with E-state index in [1.807, 2.05) is 0 Å². The molecule has 0 saturated heterocycles. The van der Waals surface area contributed by atoms with E-state index in [-0.39, 0.29) is 5.75 Å². The number of aromatic hydroxyl groups is 1. The molecule has 4 nitrogen and oxygen atoms in total. The number of hydrogen-bond acceptors (Lipinski definition) is 2. The highest BCUT2D eigenvalue weighted by molar-refractivity contribution is 5.48. The molecule has 1 N–H and O–H groups in total. The number of nitrogens with zero attached hydrogens (tertiary/aromatic N) is 3. The largest absolute Gasteiger partial charge is 0.508 e. The van der Waals surface area contributed by atoms with Crippen LogP contribution in [0.4, 0.5) is 5.69 Å². The molecule has 0 saturated carbocycles. The summed E-state index contributed by atoms with van der Waals surface area (Å²) in [5.41, 5.74) is 9.42. The molecule has 0 radical (unpaired) electrons. The van der Waals surface area contributed by atoms with Gasteiger partial charge in [-0.2, -0.15) is 0 Å². The van der Waals surface area contributed by atoms with Gasteiger partial charge in [-0.1, -0.05) is 5.11 Å². The second-order valence-electron chi connectivity index (χ2n) is 2.16. The van der Waals surface area contributed by atoms with E-state index in [0.29, 0.717) is 5.69 Å². The number of aryl methyl sites for hydroxylation is 1. The van der Waals surface area contributed by atoms with Gasteiger partial charge in [-0.05, 0) is 36.2 Å². The summed E-state index contributed by atoms with van der Waals surface area (Å²) >= 11 is 0. The van der Waals surface area contributed by atoms with Crippen LogP contribution in [0, 0.1) is 6.92 Å². The highest BCUT2D eigenvalue weighted by Crippen LogP contribution is 2.22. The molecule has 0 atom stereocenters. The number of phenols is 1. The molecule has 1 rings (SSSR count). The molecule has 0 aliphatic heterocycles. The first-order valence-electron chi connectivity index (χ1n) is 3.09. The maximum absolute atomic E-state index is 8.97. The first-order chi connectivity index (χ1) is 5.24. The summed E-state index contributed by atoms with van der Waals surface area (Å²) in [5, 5.41) is 12.4. The molecule has 4 heteroatoms. The zero-order valence-corrected chi connectivity index (χ0v) is 6.02. The van der Waals surface area contributed by atoms with E-state index in [0.717, 1.165) is 5.56 Å². The molecule has 0 unspecified atom stereocenters. The molecule has 0 bridgehead atoms. The first-order valence-corrected chi connectivity index (χ1v) is 3.09. The van der Waals surface area contributed by atoms with Gasteiger partial charge in [-0.15, -0.1) is 0 Å². The fourth-order valence-corrected chi connectivity index (χ4v) is 0.800. The molecule has 0 heterocycles. The van der Waals surface area contributed by atoms with Crippen molar-refractivity contribution in [2.24, 2.45) is 5.11 Å². The number of benzene rings is 1. The third kappa shape index (κ3) is 1.63. The summed E-state index contributed by atoms with van der Waals surface area (Å²) < 4.78 is 0. The highest BCUT2D eigenvalue weighted by atomic mass is 16.3. The minimum Gasteiger partial charge on any atom is -0.508 e. The number of hydrogen-bond donors (Lipinski definition) is 1. The Morgan fingerprint density at radius 2 is 2.27 bits per heavy atom. The van der Waals surface area contributed by atoms with Crippen LogP contribution >= 0.6 is 0 Å². The van der Waals surface area contributed by atoms with Crippen molar-refractivity contribution >= 4 is 5.69 Å². The van der Waals surface area contributed by atoms with Crippen LogP contribution in [0.1, 0.15) is 5.56 Å². The van der Waals surface area contributed by atoms with Crippen molar-refractivity contribution in [2.75, 3.05) is 0 Å². The fourth-order valence-electron chi connectivity index (χ4n) is 0.800. The summed E-state index contributed by atoms with van der Waals surface area (Å²) in [7, 11) is 0. The Labute approximate surface area is 63.7 Å². The standard InChI is InChI=1S/C7H7N3O/c1-5-4-6(11)2-3-7(5)9-10-8/h2-4,11H,1H3. The van der Waals surface area contributed by atoms with Crippen molar-refractivity contribution in [1.82, 2.24) is 0 Å². The smallest absolute Gasteiger partial charge is 0.115 e. The SMILES string of the molecule is Cc1cc(O)ccc1N=[N+]=[N-]. The zero-order valence-electron chi connectivity index (χ0n) is 6.02. The Morgan fingerprint density at radius 1 is 1.55 bits per heavy atom. The molecule has 0 aliphatic rings. The predicted octanol–water partition coefficient (Wildman–Crippen LogP) is 2.64. The van der Waals surface area contributed by atoms with Crippen LogP contribution in [-0.4, -0.2) is 5.11 Å². The molecule has 56 valence electrons. The topological polar surface area (TPSA) is 69.0 Å². The Kier molecular flexibility index (Phi) is 1.99. The van der Waals surface area contributed by atoms with Gasteiger partial charge in [0.2, 0.25) is 0 Å². The van der Waals surface area contributed by atoms with E-state index in [1.54, 1.807) is 19.1 Å². The van der Waals surface area contributed by atoms with Crippen LogP contribution in [0.25, 0.3) is 10.4 Å². The molecule has 0 amide bonds. The van der Waals surface area contributed by atoms with E-state index < -0.39 is 0 Å². The Balaban J connectivity index is 3.19. The van der Waals surface area contributed by atoms with Crippen molar-refractivity contribution in [3.63, 3.8) is 0 Å². The Bertz CT molecular complexity index is 315. The first kappa shape index (κ1) is 7.44. The van der Waals surface area contributed by atoms with Gasteiger partial charge in [-0.3, -0.25) is 0 Å². The summed E-state index contributed by atoms with van der Waals surface area (Å²) in [4.78, 5) is 2.64. The Hall–Kier alpha value is -1.67. The lowest BCUT2D eigenvalue weighted by atomic mass is 10.2. The summed E-state index contributed by atoms with van der Waals surface area (Å²) in [6, 6.07) is 4.60. The lowest BCUT2D eigenvalue weighted by molar-refractivity contribution is 0.475. The van der Waals surface area contributed by atoms with Crippen molar-refractivity contribution in [2.45, 2.75) is 6.92 Å². The van der Waals surface area contributed by atoms with E-state index in [1.165, 1.54) is 6.07 Å². The molecule has 0 aromatic heterocycles. The lowest BCUT2D eigenvalue weighted by Gasteiger charge is -1.97. The van der Waals surface area contributed by atoms with Gasteiger partial charge in [0.15, 0.2) is 0 Å². The maximum atomic E-state index is 8.97. The highest BCUT2D eigenvalue weighted by Gasteiger charge is 1.94. The van der Waals surface area contributed by atoms with Crippen LogP contribution in [0.2, 0.25) is 0 Å². The number of azide groups is 1.